The molecule has 0 saturated carbocycles. The molecule has 1 N–H and O–H groups in total. The van der Waals surface area contributed by atoms with Crippen LogP contribution in [-0.2, 0) is 5.54 Å². The molecule has 3 heterocycles. The summed E-state index contributed by atoms with van der Waals surface area (Å²) in [5.41, 5.74) is 3.14. The number of likely N-dealkylation sites (tertiary alicyclic amines) is 1. The van der Waals surface area contributed by atoms with Crippen LogP contribution in [0.5, 0.6) is 5.75 Å². The highest BCUT2D eigenvalue weighted by molar-refractivity contribution is 6.32. The largest absolute Gasteiger partial charge is 0.497 e. The van der Waals surface area contributed by atoms with Crippen molar-refractivity contribution in [3.63, 3.8) is 0 Å². The second kappa shape index (κ2) is 7.63. The van der Waals surface area contributed by atoms with Crippen molar-refractivity contribution in [1.29, 1.82) is 0 Å². The predicted molar refractivity (Wildman–Crippen MR) is 121 cm³/mol. The monoisotopic (exact) mass is 450 g/mol. The number of carbonyl (C=O) groups excluding carboxylic acids is 1. The topological polar surface area (TPSA) is 88.9 Å². The molecule has 4 aromatic rings. The number of carbonyl (C=O) groups is 1. The minimum Gasteiger partial charge on any atom is -0.497 e. The van der Waals surface area contributed by atoms with Crippen LogP contribution in [0.2, 0.25) is 5.02 Å². The van der Waals surface area contributed by atoms with Crippen molar-refractivity contribution >= 4 is 28.5 Å². The van der Waals surface area contributed by atoms with Crippen LogP contribution >= 0.6 is 11.6 Å². The molecule has 1 unspecified atom stereocenters. The van der Waals surface area contributed by atoms with Crippen LogP contribution in [0.15, 0.2) is 42.7 Å². The molecular weight excluding hydrogens is 428 g/mol. The van der Waals surface area contributed by atoms with E-state index in [1.807, 2.05) is 24.0 Å². The lowest BCUT2D eigenvalue weighted by molar-refractivity contribution is 0.0605. The maximum Gasteiger partial charge on any atom is 0.257 e. The van der Waals surface area contributed by atoms with E-state index in [1.165, 1.54) is 4.80 Å². The van der Waals surface area contributed by atoms with Gasteiger partial charge in [0.25, 0.3) is 5.91 Å². The summed E-state index contributed by atoms with van der Waals surface area (Å²) in [4.78, 5) is 25.5. The number of nitrogens with one attached hydrogen (secondary N) is 1. The predicted octanol–water partition coefficient (Wildman–Crippen LogP) is 4.27. The van der Waals surface area contributed by atoms with E-state index < -0.39 is 5.54 Å². The number of halogens is 1. The average molecular weight is 451 g/mol. The number of hydrogen-bond acceptors (Lipinski definition) is 5. The number of fused-ring (bicyclic) bond motifs is 1. The Balaban J connectivity index is 1.59. The number of hydrogen-bond donors (Lipinski definition) is 1. The third-order valence-corrected chi connectivity index (χ3v) is 6.72. The quantitative estimate of drug-likeness (QED) is 0.501. The van der Waals surface area contributed by atoms with E-state index in [0.717, 1.165) is 35.3 Å². The Bertz CT molecular complexity index is 1320. The molecule has 1 aliphatic heterocycles. The van der Waals surface area contributed by atoms with E-state index in [4.69, 9.17) is 21.3 Å². The van der Waals surface area contributed by atoms with Crippen molar-refractivity contribution in [2.45, 2.75) is 32.2 Å². The Labute approximate surface area is 190 Å². The van der Waals surface area contributed by atoms with Crippen LogP contribution in [-0.4, -0.2) is 49.4 Å². The van der Waals surface area contributed by atoms with Crippen LogP contribution in [0, 0.1) is 6.92 Å². The number of aromatic amines is 1. The zero-order valence-electron chi connectivity index (χ0n) is 18.1. The van der Waals surface area contributed by atoms with Crippen molar-refractivity contribution in [1.82, 2.24) is 29.9 Å². The van der Waals surface area contributed by atoms with Gasteiger partial charge < -0.3 is 14.6 Å². The lowest BCUT2D eigenvalue weighted by Crippen LogP contribution is -2.44. The zero-order valence-corrected chi connectivity index (χ0v) is 18.8. The van der Waals surface area contributed by atoms with Gasteiger partial charge in [0.2, 0.25) is 0 Å². The van der Waals surface area contributed by atoms with E-state index >= 15 is 0 Å². The third kappa shape index (κ3) is 3.14. The highest BCUT2D eigenvalue weighted by Crippen LogP contribution is 2.40. The number of benzene rings is 2. The van der Waals surface area contributed by atoms with Gasteiger partial charge in [0.1, 0.15) is 11.6 Å². The van der Waals surface area contributed by atoms with Gasteiger partial charge in [0.15, 0.2) is 0 Å². The van der Waals surface area contributed by atoms with Crippen LogP contribution in [0.3, 0.4) is 0 Å². The fraction of sp³-hybridized carbons (Fsp3) is 0.304. The van der Waals surface area contributed by atoms with Gasteiger partial charge in [-0.05, 0) is 62.6 Å². The summed E-state index contributed by atoms with van der Waals surface area (Å²) in [5.74, 6) is 1.23. The Hall–Kier alpha value is -3.39. The van der Waals surface area contributed by atoms with Gasteiger partial charge in [0.05, 0.1) is 47.3 Å². The van der Waals surface area contributed by atoms with Gasteiger partial charge in [-0.25, -0.2) is 4.98 Å². The summed E-state index contributed by atoms with van der Waals surface area (Å²) < 4.78 is 5.39. The first kappa shape index (κ1) is 20.5. The Morgan fingerprint density at radius 1 is 1.22 bits per heavy atom. The molecule has 1 amide bonds. The minimum absolute atomic E-state index is 0.119. The molecule has 5 rings (SSSR count). The molecule has 1 aliphatic rings. The first-order valence-electron chi connectivity index (χ1n) is 10.4. The molecular formula is C23H23ClN6O2. The van der Waals surface area contributed by atoms with Gasteiger partial charge >= 0.3 is 0 Å². The molecule has 0 radical (unpaired) electrons. The molecule has 0 spiro atoms. The Kier molecular flexibility index (Phi) is 4.89. The molecule has 1 saturated heterocycles. The van der Waals surface area contributed by atoms with E-state index in [-0.39, 0.29) is 5.91 Å². The van der Waals surface area contributed by atoms with Crippen LogP contribution in [0.1, 0.15) is 41.5 Å². The molecule has 2 aromatic heterocycles. The fourth-order valence-electron chi connectivity index (χ4n) is 4.45. The van der Waals surface area contributed by atoms with Crippen molar-refractivity contribution in [2.75, 3.05) is 13.7 Å². The second-order valence-electron chi connectivity index (χ2n) is 8.19. The van der Waals surface area contributed by atoms with Crippen LogP contribution in [0.25, 0.3) is 16.7 Å². The number of imidazole rings is 1. The molecule has 1 fully saturated rings. The molecule has 1 atom stereocenters. The second-order valence-corrected chi connectivity index (χ2v) is 8.60. The molecule has 8 nitrogen and oxygen atoms in total. The highest BCUT2D eigenvalue weighted by Gasteiger charge is 2.44. The number of methoxy groups -OCH3 is 1. The lowest BCUT2D eigenvalue weighted by atomic mass is 9.97. The van der Waals surface area contributed by atoms with Crippen molar-refractivity contribution < 1.29 is 9.53 Å². The average Bonchev–Trinajstić information content (AvgIpc) is 3.55. The standard InChI is InChI=1S/C23H23ClN6O2/c1-14-17(24)6-7-18-20(14)28-22(27-18)23(2)9-4-12-29(23)21(31)16-13-15(32-3)5-8-19(16)30-25-10-11-26-30/h5-8,10-11,13H,4,9,12H2,1-3H3,(H,27,28). The van der Waals surface area contributed by atoms with Crippen LogP contribution in [0.4, 0.5) is 0 Å². The van der Waals surface area contributed by atoms with Gasteiger partial charge in [-0.15, -0.1) is 0 Å². The van der Waals surface area contributed by atoms with Gasteiger partial charge in [-0.2, -0.15) is 15.0 Å². The number of nitrogens with zero attached hydrogens (tertiary/aromatic N) is 5. The summed E-state index contributed by atoms with van der Waals surface area (Å²) in [7, 11) is 1.58. The lowest BCUT2D eigenvalue weighted by Gasteiger charge is -2.34. The number of amides is 1. The number of H-pyrrole nitrogens is 1. The molecule has 164 valence electrons. The molecule has 0 bridgehead atoms. The molecule has 0 aliphatic carbocycles. The van der Waals surface area contributed by atoms with E-state index in [9.17, 15) is 4.79 Å². The SMILES string of the molecule is COc1ccc(-n2nccn2)c(C(=O)N2CCCC2(C)c2nc3c(C)c(Cl)ccc3[nH]2)c1. The maximum absolute atomic E-state index is 13.9. The van der Waals surface area contributed by atoms with Crippen LogP contribution < -0.4 is 4.74 Å². The first-order chi connectivity index (χ1) is 15.4. The third-order valence-electron chi connectivity index (χ3n) is 6.31. The van der Waals surface area contributed by atoms with E-state index in [0.29, 0.717) is 28.6 Å². The van der Waals surface area contributed by atoms with Gasteiger partial charge in [-0.1, -0.05) is 11.6 Å². The van der Waals surface area contributed by atoms with Crippen molar-refractivity contribution in [3.05, 3.63) is 64.7 Å². The maximum atomic E-state index is 13.9. The minimum atomic E-state index is -0.590. The fourth-order valence-corrected chi connectivity index (χ4v) is 4.60. The Morgan fingerprint density at radius 2 is 2.00 bits per heavy atom. The smallest absolute Gasteiger partial charge is 0.257 e. The number of rotatable bonds is 4. The number of ether oxygens (including phenoxy) is 1. The van der Waals surface area contributed by atoms with E-state index in [1.54, 1.807) is 37.7 Å². The summed E-state index contributed by atoms with van der Waals surface area (Å²) >= 11 is 6.30. The molecule has 32 heavy (non-hydrogen) atoms. The van der Waals surface area contributed by atoms with Crippen molar-refractivity contribution in [3.8, 4) is 11.4 Å². The summed E-state index contributed by atoms with van der Waals surface area (Å²) in [6.45, 7) is 4.63. The molecule has 2 aromatic carbocycles. The number of aromatic nitrogens is 5. The van der Waals surface area contributed by atoms with Gasteiger partial charge in [0, 0.05) is 11.6 Å². The van der Waals surface area contributed by atoms with Crippen molar-refractivity contribution in [2.24, 2.45) is 0 Å². The zero-order chi connectivity index (χ0) is 22.5. The first-order valence-corrected chi connectivity index (χ1v) is 10.8. The number of aryl methyl sites for hydroxylation is 1. The van der Waals surface area contributed by atoms with Gasteiger partial charge in [-0.3, -0.25) is 4.79 Å². The molecule has 9 heteroatoms. The Morgan fingerprint density at radius 3 is 2.75 bits per heavy atom. The summed E-state index contributed by atoms with van der Waals surface area (Å²) in [5, 5.41) is 9.11. The summed E-state index contributed by atoms with van der Waals surface area (Å²) in [6, 6.07) is 9.12. The normalized spacial score (nSPS) is 18.4. The van der Waals surface area contributed by atoms with E-state index in [2.05, 4.69) is 22.1 Å². The highest BCUT2D eigenvalue weighted by atomic mass is 35.5. The summed E-state index contributed by atoms with van der Waals surface area (Å²) in [6.07, 6.45) is 4.84.